The van der Waals surface area contributed by atoms with Gasteiger partial charge in [-0.05, 0) is 0 Å². The van der Waals surface area contributed by atoms with Crippen LogP contribution in [-0.4, -0.2) is 35.3 Å². The zero-order chi connectivity index (χ0) is 11.5. The van der Waals surface area contributed by atoms with Crippen LogP contribution in [0.1, 0.15) is 0 Å². The molecule has 0 unspecified atom stereocenters. The maximum absolute atomic E-state index is 12.1. The smallest absolute Gasteiger partial charge is 0.413 e. The molecule has 0 fully saturated rings. The van der Waals surface area contributed by atoms with Gasteiger partial charge in [0.1, 0.15) is 6.04 Å². The van der Waals surface area contributed by atoms with E-state index in [2.05, 4.69) is 4.99 Å². The van der Waals surface area contributed by atoms with Gasteiger partial charge < -0.3 is 22.3 Å². The van der Waals surface area contributed by atoms with Crippen molar-refractivity contribution in [3.63, 3.8) is 0 Å². The first-order valence-electron chi connectivity index (χ1n) is 3.30. The van der Waals surface area contributed by atoms with Crippen LogP contribution in [0.2, 0.25) is 0 Å². The van der Waals surface area contributed by atoms with E-state index in [9.17, 15) is 18.0 Å². The highest BCUT2D eigenvalue weighted by atomic mass is 19.4. The van der Waals surface area contributed by atoms with Gasteiger partial charge in [-0.15, -0.1) is 0 Å². The Morgan fingerprint density at radius 1 is 1.36 bits per heavy atom. The van der Waals surface area contributed by atoms with Crippen molar-refractivity contribution in [2.45, 2.75) is 18.3 Å². The molecule has 0 bridgehead atoms. The van der Waals surface area contributed by atoms with Gasteiger partial charge in [0, 0.05) is 0 Å². The molecule has 82 valence electrons. The molecule has 0 saturated heterocycles. The van der Waals surface area contributed by atoms with Gasteiger partial charge >= 0.3 is 12.1 Å². The second-order valence-electron chi connectivity index (χ2n) is 2.40. The molecule has 14 heavy (non-hydrogen) atoms. The molecule has 0 amide bonds. The van der Waals surface area contributed by atoms with Gasteiger partial charge in [0.2, 0.25) is 0 Å². The van der Waals surface area contributed by atoms with E-state index in [-0.39, 0.29) is 0 Å². The Balaban J connectivity index is 4.93. The number of alkyl halides is 3. The lowest BCUT2D eigenvalue weighted by atomic mass is 10.1. The first kappa shape index (κ1) is 12.5. The van der Waals surface area contributed by atoms with Crippen LogP contribution in [0.25, 0.3) is 0 Å². The lowest BCUT2D eigenvalue weighted by Gasteiger charge is -2.19. The standard InChI is InChI=1S/C5H9F3N4O2/c6-5(7,8)2(12-4(10)11)1(9)3(13)14/h1-2H,9H2,(H,13,14)(H4,10,11,12)/t1-,2-/m1/s1. The number of guanidine groups is 1. The fourth-order valence-corrected chi connectivity index (χ4v) is 0.653. The maximum Gasteiger partial charge on any atom is 0.413 e. The van der Waals surface area contributed by atoms with E-state index in [1.54, 1.807) is 0 Å². The summed E-state index contributed by atoms with van der Waals surface area (Å²) in [5.74, 6) is -2.71. The zero-order valence-corrected chi connectivity index (χ0v) is 6.82. The van der Waals surface area contributed by atoms with Crippen LogP contribution in [0.5, 0.6) is 0 Å². The predicted octanol–water partition coefficient (Wildman–Crippen LogP) is -1.40. The molecule has 9 heteroatoms. The fourth-order valence-electron chi connectivity index (χ4n) is 0.653. The van der Waals surface area contributed by atoms with Gasteiger partial charge in [0.05, 0.1) is 0 Å². The van der Waals surface area contributed by atoms with Crippen LogP contribution in [0.3, 0.4) is 0 Å². The van der Waals surface area contributed by atoms with Gasteiger partial charge in [-0.25, -0.2) is 4.99 Å². The number of hydrogen-bond acceptors (Lipinski definition) is 3. The van der Waals surface area contributed by atoms with E-state index in [1.165, 1.54) is 0 Å². The summed E-state index contributed by atoms with van der Waals surface area (Å²) in [5, 5.41) is 8.25. The molecule has 0 heterocycles. The van der Waals surface area contributed by atoms with E-state index in [0.717, 1.165) is 0 Å². The number of nitrogens with zero attached hydrogens (tertiary/aromatic N) is 1. The van der Waals surface area contributed by atoms with Crippen LogP contribution in [0, 0.1) is 0 Å². The normalized spacial score (nSPS) is 15.7. The SMILES string of the molecule is NC(N)=N[C@H]([C@@H](N)C(=O)O)C(F)(F)F. The van der Waals surface area contributed by atoms with Crippen molar-refractivity contribution in [3.8, 4) is 0 Å². The summed E-state index contributed by atoms with van der Waals surface area (Å²) >= 11 is 0. The molecule has 0 aliphatic rings. The van der Waals surface area contributed by atoms with Crippen LogP contribution < -0.4 is 17.2 Å². The maximum atomic E-state index is 12.1. The molecule has 0 aromatic heterocycles. The summed E-state index contributed by atoms with van der Waals surface area (Å²) in [6, 6.07) is -4.86. The van der Waals surface area contributed by atoms with E-state index >= 15 is 0 Å². The fraction of sp³-hybridized carbons (Fsp3) is 0.600. The van der Waals surface area contributed by atoms with Crippen molar-refractivity contribution in [1.82, 2.24) is 0 Å². The highest BCUT2D eigenvalue weighted by Crippen LogP contribution is 2.24. The third-order valence-corrected chi connectivity index (χ3v) is 1.25. The number of carboxylic acids is 1. The van der Waals surface area contributed by atoms with Gasteiger partial charge in [0.15, 0.2) is 12.0 Å². The Morgan fingerprint density at radius 2 is 1.79 bits per heavy atom. The van der Waals surface area contributed by atoms with Gasteiger partial charge in [-0.1, -0.05) is 0 Å². The van der Waals surface area contributed by atoms with Crippen molar-refractivity contribution in [3.05, 3.63) is 0 Å². The average molecular weight is 214 g/mol. The summed E-state index contributed by atoms with van der Waals surface area (Å²) in [6.07, 6.45) is -4.90. The Hall–Kier alpha value is -1.51. The third kappa shape index (κ3) is 3.47. The van der Waals surface area contributed by atoms with E-state index < -0.39 is 30.2 Å². The quantitative estimate of drug-likeness (QED) is 0.339. The van der Waals surface area contributed by atoms with Crippen LogP contribution in [0.15, 0.2) is 4.99 Å². The van der Waals surface area contributed by atoms with Crippen molar-refractivity contribution in [2.24, 2.45) is 22.2 Å². The largest absolute Gasteiger partial charge is 0.480 e. The van der Waals surface area contributed by atoms with Gasteiger partial charge in [-0.2, -0.15) is 13.2 Å². The lowest BCUT2D eigenvalue weighted by molar-refractivity contribution is -0.164. The van der Waals surface area contributed by atoms with Gasteiger partial charge in [0.25, 0.3) is 0 Å². The Kier molecular flexibility index (Phi) is 3.69. The van der Waals surface area contributed by atoms with Crippen molar-refractivity contribution < 1.29 is 23.1 Å². The van der Waals surface area contributed by atoms with E-state index in [4.69, 9.17) is 22.3 Å². The first-order valence-corrected chi connectivity index (χ1v) is 3.30. The highest BCUT2D eigenvalue weighted by Gasteiger charge is 2.46. The predicted molar refractivity (Wildman–Crippen MR) is 41.3 cm³/mol. The molecule has 6 nitrogen and oxygen atoms in total. The number of aliphatic imine (C=N–C) groups is 1. The zero-order valence-electron chi connectivity index (χ0n) is 6.82. The molecule has 0 aromatic rings. The Labute approximate surface area is 76.6 Å². The molecule has 0 radical (unpaired) electrons. The molecule has 0 saturated carbocycles. The average Bonchev–Trinajstić information content (AvgIpc) is 1.96. The number of nitrogens with two attached hydrogens (primary N) is 3. The number of aliphatic carboxylic acids is 1. The molecule has 0 spiro atoms. The van der Waals surface area contributed by atoms with E-state index in [1.807, 2.05) is 0 Å². The van der Waals surface area contributed by atoms with E-state index in [0.29, 0.717) is 0 Å². The summed E-state index contributed by atoms with van der Waals surface area (Å²) in [7, 11) is 0. The van der Waals surface area contributed by atoms with Crippen molar-refractivity contribution in [1.29, 1.82) is 0 Å². The van der Waals surface area contributed by atoms with Crippen LogP contribution in [-0.2, 0) is 4.79 Å². The minimum atomic E-state index is -4.90. The second-order valence-corrected chi connectivity index (χ2v) is 2.40. The molecule has 0 aliphatic heterocycles. The minimum Gasteiger partial charge on any atom is -0.480 e. The first-order chi connectivity index (χ1) is 6.16. The number of halogens is 3. The Bertz CT molecular complexity index is 248. The molecular formula is C5H9F3N4O2. The summed E-state index contributed by atoms with van der Waals surface area (Å²) in [4.78, 5) is 12.9. The third-order valence-electron chi connectivity index (χ3n) is 1.25. The molecule has 0 aliphatic carbocycles. The number of carbonyl (C=O) groups is 1. The number of rotatable bonds is 3. The lowest BCUT2D eigenvalue weighted by Crippen LogP contribution is -2.50. The van der Waals surface area contributed by atoms with Gasteiger partial charge in [-0.3, -0.25) is 4.79 Å². The molecule has 2 atom stereocenters. The number of carboxylic acid groups (broad SMARTS) is 1. The number of hydrogen-bond donors (Lipinski definition) is 4. The molecule has 0 rings (SSSR count). The van der Waals surface area contributed by atoms with Crippen LogP contribution >= 0.6 is 0 Å². The summed E-state index contributed by atoms with van der Waals surface area (Å²) in [6.45, 7) is 0. The Morgan fingerprint density at radius 3 is 2.00 bits per heavy atom. The van der Waals surface area contributed by atoms with Crippen molar-refractivity contribution >= 4 is 11.9 Å². The molecule has 0 aromatic carbocycles. The van der Waals surface area contributed by atoms with Crippen LogP contribution in [0.4, 0.5) is 13.2 Å². The monoisotopic (exact) mass is 214 g/mol. The summed E-state index contributed by atoms with van der Waals surface area (Å²) < 4.78 is 36.4. The topological polar surface area (TPSA) is 128 Å². The summed E-state index contributed by atoms with van der Waals surface area (Å²) in [5.41, 5.74) is 14.2. The molecule has 7 N–H and O–H groups in total. The highest BCUT2D eigenvalue weighted by molar-refractivity contribution is 5.78. The van der Waals surface area contributed by atoms with Crippen molar-refractivity contribution in [2.75, 3.05) is 0 Å². The minimum absolute atomic E-state index is 0.871. The second kappa shape index (κ2) is 4.13. The molecular weight excluding hydrogens is 205 g/mol.